The van der Waals surface area contributed by atoms with E-state index in [0.29, 0.717) is 26.1 Å². The van der Waals surface area contributed by atoms with Gasteiger partial charge in [0.15, 0.2) is 12.6 Å². The van der Waals surface area contributed by atoms with Crippen LogP contribution in [-0.4, -0.2) is 158 Å². The van der Waals surface area contributed by atoms with Crippen molar-refractivity contribution < 1.29 is 85.8 Å². The summed E-state index contributed by atoms with van der Waals surface area (Å²) in [5.41, 5.74) is 0. The molecule has 0 aromatic carbocycles. The maximum atomic E-state index is 14.2. The molecule has 0 spiro atoms. The quantitative estimate of drug-likeness (QED) is 0.0188. The van der Waals surface area contributed by atoms with Gasteiger partial charge in [0.05, 0.1) is 32.1 Å². The molecule has 2 heterocycles. The first-order valence-electron chi connectivity index (χ1n) is 36.4. The maximum absolute atomic E-state index is 14.2. The molecule has 11 atom stereocenters. The first kappa shape index (κ1) is 85.2. The molecule has 534 valence electrons. The number of carbonyl (C=O) groups is 1. The van der Waals surface area contributed by atoms with E-state index in [1.54, 1.807) is 7.11 Å². The van der Waals surface area contributed by atoms with Gasteiger partial charge in [0.2, 0.25) is 5.91 Å². The number of aliphatic hydroxyl groups is 1. The van der Waals surface area contributed by atoms with E-state index in [4.69, 9.17) is 47.2 Å². The van der Waals surface area contributed by atoms with E-state index >= 15 is 0 Å². The van der Waals surface area contributed by atoms with Crippen molar-refractivity contribution in [3.63, 3.8) is 0 Å². The zero-order valence-corrected chi connectivity index (χ0v) is 59.4. The van der Waals surface area contributed by atoms with E-state index in [-0.39, 0.29) is 51.3 Å². The number of allylic oxidation sites excluding steroid dienone is 2. The summed E-state index contributed by atoms with van der Waals surface area (Å²) in [5, 5.41) is 15.5. The van der Waals surface area contributed by atoms with Crippen LogP contribution in [0.1, 0.15) is 297 Å². The third kappa shape index (κ3) is 43.3. The second-order valence-electron chi connectivity index (χ2n) is 25.7. The Morgan fingerprint density at radius 2 is 0.911 bits per heavy atom. The van der Waals surface area contributed by atoms with Gasteiger partial charge in [-0.15, -0.1) is 0 Å². The van der Waals surface area contributed by atoms with E-state index in [2.05, 4.69) is 45.2 Å². The van der Waals surface area contributed by atoms with Crippen LogP contribution >= 0.6 is 15.4 Å². The van der Waals surface area contributed by atoms with Gasteiger partial charge in [0.25, 0.3) is 0 Å². The average molecular weight is 1330 g/mol. The highest BCUT2D eigenvalue weighted by molar-refractivity contribution is 7.51. The molecule has 1 amide bonds. The summed E-state index contributed by atoms with van der Waals surface area (Å²) in [7, 11) is -6.47. The molecular formula is C69H135NO18P2. The van der Waals surface area contributed by atoms with Crippen LogP contribution < -0.4 is 5.32 Å². The third-order valence-electron chi connectivity index (χ3n) is 17.5. The predicted octanol–water partition coefficient (Wildman–Crippen LogP) is 15.8. The van der Waals surface area contributed by atoms with Crippen LogP contribution in [0, 0.1) is 0 Å². The van der Waals surface area contributed by atoms with Gasteiger partial charge in [0.1, 0.15) is 48.8 Å². The molecule has 0 saturated carbocycles. The van der Waals surface area contributed by atoms with Crippen LogP contribution in [0.25, 0.3) is 0 Å². The standard InChI is InChI=1S/C69H135NO18P2/c1-7-11-15-19-22-25-28-29-30-31-32-33-36-40-44-49-61(71)70-62-65(83-54-50-58(80-6)48-43-39-18-14-10-4)64(88-90(76,77)78)60(56-79-5)87-68(62)85-57-59-63(72)66(81-51-45-41-37-34-26-23-20-16-12-8-2)67(69(86-59)84-53-47-55-89(73,74)75)82-52-46-42-38-35-27-24-21-17-13-9-3/h29-30,58-60,62-69,72H,7-28,31-57H2,1-6H3,(H,70,71)(H2,73,74,75)(H2,76,77,78)/b30-29+/t58-,59-,60-,62-,63-,64-,65-,66+,67-,68-,69+/m1/s1. The van der Waals surface area contributed by atoms with Crippen LogP contribution in [0.5, 0.6) is 0 Å². The van der Waals surface area contributed by atoms with Crippen LogP contribution in [0.3, 0.4) is 0 Å². The van der Waals surface area contributed by atoms with Gasteiger partial charge in [-0.25, -0.2) is 4.57 Å². The highest BCUT2D eigenvalue weighted by atomic mass is 31.2. The van der Waals surface area contributed by atoms with Gasteiger partial charge in [-0.3, -0.25) is 13.9 Å². The Morgan fingerprint density at radius 3 is 1.40 bits per heavy atom. The molecular weight excluding hydrogens is 1190 g/mol. The van der Waals surface area contributed by atoms with Crippen molar-refractivity contribution in [2.24, 2.45) is 0 Å². The molecule has 21 heteroatoms. The lowest BCUT2D eigenvalue weighted by atomic mass is 9.95. The fourth-order valence-corrected chi connectivity index (χ4v) is 13.2. The number of methoxy groups -OCH3 is 2. The van der Waals surface area contributed by atoms with E-state index < -0.39 is 82.9 Å². The Hall–Kier alpha value is -0.930. The summed E-state index contributed by atoms with van der Waals surface area (Å²) in [6.07, 6.45) is 37.4. The lowest BCUT2D eigenvalue weighted by Gasteiger charge is -2.47. The van der Waals surface area contributed by atoms with Crippen molar-refractivity contribution in [2.45, 2.75) is 365 Å². The van der Waals surface area contributed by atoms with Crippen molar-refractivity contribution in [1.82, 2.24) is 5.32 Å². The van der Waals surface area contributed by atoms with Crippen molar-refractivity contribution in [3.05, 3.63) is 12.2 Å². The number of nitrogens with one attached hydrogen (secondary N) is 1. The number of hydrogen-bond acceptors (Lipinski definition) is 14. The molecule has 2 aliphatic heterocycles. The monoisotopic (exact) mass is 1330 g/mol. The number of aliphatic hydroxyl groups excluding tert-OH is 1. The molecule has 19 nitrogen and oxygen atoms in total. The maximum Gasteiger partial charge on any atom is 0.470 e. The first-order chi connectivity index (χ1) is 43.6. The Bertz CT molecular complexity index is 1780. The molecule has 0 radical (unpaired) electrons. The van der Waals surface area contributed by atoms with Crippen LogP contribution in [0.4, 0.5) is 0 Å². The molecule has 2 aliphatic rings. The smallest absolute Gasteiger partial charge is 0.387 e. The van der Waals surface area contributed by atoms with Gasteiger partial charge in [-0.2, -0.15) is 0 Å². The number of unbranched alkanes of at least 4 members (excludes halogenated alkanes) is 33. The number of carbonyl (C=O) groups excluding carboxylic acids is 1. The summed E-state index contributed by atoms with van der Waals surface area (Å²) in [6.45, 7) is 8.99. The van der Waals surface area contributed by atoms with Gasteiger partial charge >= 0.3 is 15.4 Å². The average Bonchev–Trinajstić information content (AvgIpc) is 0.859. The fourth-order valence-electron chi connectivity index (χ4n) is 12.1. The zero-order valence-electron chi connectivity index (χ0n) is 57.6. The lowest BCUT2D eigenvalue weighted by Crippen LogP contribution is -2.67. The van der Waals surface area contributed by atoms with Crippen LogP contribution in [-0.2, 0) is 61.1 Å². The van der Waals surface area contributed by atoms with Crippen LogP contribution in [0.2, 0.25) is 0 Å². The first-order valence-corrected chi connectivity index (χ1v) is 39.8. The Kier molecular flexibility index (Phi) is 53.1. The molecule has 0 bridgehead atoms. The normalized spacial score (nSPS) is 22.9. The molecule has 6 N–H and O–H groups in total. The van der Waals surface area contributed by atoms with Gasteiger partial charge in [0, 0.05) is 40.5 Å². The minimum absolute atomic E-state index is 0.0294. The Labute approximate surface area is 547 Å². The summed E-state index contributed by atoms with van der Waals surface area (Å²) in [4.78, 5) is 54.5. The molecule has 2 saturated heterocycles. The van der Waals surface area contributed by atoms with E-state index in [1.807, 2.05) is 0 Å². The molecule has 0 aromatic heterocycles. The number of phosphoric acid groups is 1. The predicted molar refractivity (Wildman–Crippen MR) is 359 cm³/mol. The highest BCUT2D eigenvalue weighted by Crippen LogP contribution is 2.43. The number of ether oxygens (including phenoxy) is 9. The molecule has 90 heavy (non-hydrogen) atoms. The number of hydrogen-bond donors (Lipinski definition) is 6. The minimum atomic E-state index is -5.21. The topological polar surface area (TPSA) is 257 Å². The van der Waals surface area contributed by atoms with E-state index in [9.17, 15) is 38.6 Å². The molecule has 2 rings (SSSR count). The number of rotatable bonds is 63. The number of phosphoric ester groups is 1. The van der Waals surface area contributed by atoms with Gasteiger partial charge < -0.3 is 72.6 Å². The SMILES string of the molecule is CCCCCCCC/C=C/CCCCCCCC(=O)N[C@H]1[C@H](OC[C@H]2O[C@H](OCCCP(=O)(O)O)[C@H](OCCCCCCCCCCCC)[C@@H](OCCCCCCCCCCCC)[C@@H]2O)O[C@H](COC)[C@@H](OP(=O)(O)O)[C@@H]1OCC[C@@H](CCCCCCC)OC. The lowest BCUT2D eigenvalue weighted by molar-refractivity contribution is -0.331. The third-order valence-corrected chi connectivity index (χ3v) is 18.9. The largest absolute Gasteiger partial charge is 0.470 e. The van der Waals surface area contributed by atoms with Crippen molar-refractivity contribution in [3.8, 4) is 0 Å². The zero-order chi connectivity index (χ0) is 65.8. The van der Waals surface area contributed by atoms with Crippen LogP contribution in [0.15, 0.2) is 12.2 Å². The Balaban J connectivity index is 2.45. The summed E-state index contributed by atoms with van der Waals surface area (Å²) in [5.74, 6) is -0.342. The van der Waals surface area contributed by atoms with E-state index in [1.165, 1.54) is 123 Å². The Morgan fingerprint density at radius 1 is 0.467 bits per heavy atom. The van der Waals surface area contributed by atoms with Crippen molar-refractivity contribution in [1.29, 1.82) is 0 Å². The fraction of sp³-hybridized carbons (Fsp3) is 0.957. The molecule has 0 unspecified atom stereocenters. The van der Waals surface area contributed by atoms with E-state index in [0.717, 1.165) is 128 Å². The summed E-state index contributed by atoms with van der Waals surface area (Å²) in [6, 6.07) is -1.19. The summed E-state index contributed by atoms with van der Waals surface area (Å²) >= 11 is 0. The molecule has 0 aliphatic carbocycles. The van der Waals surface area contributed by atoms with Gasteiger partial charge in [-0.1, -0.05) is 239 Å². The second kappa shape index (κ2) is 56.1. The van der Waals surface area contributed by atoms with Gasteiger partial charge in [-0.05, 0) is 64.2 Å². The van der Waals surface area contributed by atoms with Crippen molar-refractivity contribution >= 4 is 21.3 Å². The summed E-state index contributed by atoms with van der Waals surface area (Å²) < 4.78 is 87.6. The molecule has 2 fully saturated rings. The minimum Gasteiger partial charge on any atom is -0.387 e. The second-order valence-corrected chi connectivity index (χ2v) is 28.7. The van der Waals surface area contributed by atoms with Crippen molar-refractivity contribution in [2.75, 3.05) is 60.0 Å². The molecule has 0 aromatic rings. The number of amides is 1. The highest BCUT2D eigenvalue weighted by Gasteiger charge is 2.53.